The van der Waals surface area contributed by atoms with Gasteiger partial charge in [-0.1, -0.05) is 72.8 Å². The monoisotopic (exact) mass is 486 g/mol. The summed E-state index contributed by atoms with van der Waals surface area (Å²) in [4.78, 5) is 27.8. The van der Waals surface area contributed by atoms with Gasteiger partial charge in [-0.3, -0.25) is 9.69 Å². The molecule has 4 rings (SSSR count). The third kappa shape index (κ3) is 5.26. The number of carbonyl (C=O) groups is 2. The molecule has 1 aliphatic heterocycles. The highest BCUT2D eigenvalue weighted by Gasteiger charge is 2.52. The SMILES string of the molecule is C=CCc1ccc(OCC(O)CN2C(=O)NC(Cc3ccccc3)(c3ccccc3)C2=O)c(OC)c1. The van der Waals surface area contributed by atoms with E-state index in [2.05, 4.69) is 11.9 Å². The number of amides is 3. The molecule has 3 aromatic carbocycles. The van der Waals surface area contributed by atoms with E-state index in [0.717, 1.165) is 16.0 Å². The first-order valence-electron chi connectivity index (χ1n) is 11.8. The molecule has 36 heavy (non-hydrogen) atoms. The zero-order valence-corrected chi connectivity index (χ0v) is 20.2. The average Bonchev–Trinajstić information content (AvgIpc) is 3.14. The van der Waals surface area contributed by atoms with Gasteiger partial charge in [0.15, 0.2) is 17.0 Å². The van der Waals surface area contributed by atoms with Crippen LogP contribution in [0.5, 0.6) is 11.5 Å². The largest absolute Gasteiger partial charge is 0.493 e. The summed E-state index contributed by atoms with van der Waals surface area (Å²) in [6.07, 6.45) is 1.68. The molecule has 186 valence electrons. The Balaban J connectivity index is 1.49. The zero-order valence-electron chi connectivity index (χ0n) is 20.2. The Morgan fingerprint density at radius 1 is 1.00 bits per heavy atom. The van der Waals surface area contributed by atoms with E-state index in [0.29, 0.717) is 29.9 Å². The summed E-state index contributed by atoms with van der Waals surface area (Å²) in [5, 5.41) is 13.6. The van der Waals surface area contributed by atoms with Crippen LogP contribution in [0.3, 0.4) is 0 Å². The van der Waals surface area contributed by atoms with Gasteiger partial charge in [0.05, 0.1) is 13.7 Å². The Labute approximate surface area is 211 Å². The van der Waals surface area contributed by atoms with Crippen molar-refractivity contribution in [1.82, 2.24) is 10.2 Å². The summed E-state index contributed by atoms with van der Waals surface area (Å²) in [5.74, 6) is 0.583. The molecule has 2 atom stereocenters. The molecule has 0 spiro atoms. The van der Waals surface area contributed by atoms with Crippen molar-refractivity contribution in [2.75, 3.05) is 20.3 Å². The number of carbonyl (C=O) groups excluding carboxylic acids is 2. The number of allylic oxidation sites excluding steroid dienone is 1. The van der Waals surface area contributed by atoms with Crippen molar-refractivity contribution in [1.29, 1.82) is 0 Å². The quantitative estimate of drug-likeness (QED) is 0.318. The molecule has 0 aromatic heterocycles. The number of aliphatic hydroxyl groups is 1. The minimum absolute atomic E-state index is 0.120. The number of urea groups is 1. The number of nitrogens with zero attached hydrogens (tertiary/aromatic N) is 1. The van der Waals surface area contributed by atoms with Crippen molar-refractivity contribution >= 4 is 11.9 Å². The summed E-state index contributed by atoms with van der Waals surface area (Å²) in [7, 11) is 1.54. The van der Waals surface area contributed by atoms with Gasteiger partial charge < -0.3 is 19.9 Å². The Morgan fingerprint density at radius 2 is 1.69 bits per heavy atom. The number of hydrogen-bond donors (Lipinski definition) is 2. The maximum absolute atomic E-state index is 13.7. The molecule has 3 aromatic rings. The van der Waals surface area contributed by atoms with Crippen LogP contribution in [0, 0.1) is 0 Å². The second-order valence-corrected chi connectivity index (χ2v) is 8.72. The lowest BCUT2D eigenvalue weighted by molar-refractivity contribution is -0.132. The van der Waals surface area contributed by atoms with Gasteiger partial charge in [-0.25, -0.2) is 4.79 Å². The zero-order chi connectivity index (χ0) is 25.5. The third-order valence-corrected chi connectivity index (χ3v) is 6.19. The predicted molar refractivity (Wildman–Crippen MR) is 137 cm³/mol. The molecule has 7 heteroatoms. The van der Waals surface area contributed by atoms with Crippen molar-refractivity contribution in [2.24, 2.45) is 0 Å². The molecule has 0 bridgehead atoms. The lowest BCUT2D eigenvalue weighted by atomic mass is 9.83. The second-order valence-electron chi connectivity index (χ2n) is 8.72. The molecule has 2 unspecified atom stereocenters. The maximum atomic E-state index is 13.7. The van der Waals surface area contributed by atoms with Crippen LogP contribution in [-0.2, 0) is 23.2 Å². The lowest BCUT2D eigenvalue weighted by Crippen LogP contribution is -2.46. The van der Waals surface area contributed by atoms with Gasteiger partial charge >= 0.3 is 6.03 Å². The number of rotatable bonds is 11. The van der Waals surface area contributed by atoms with Crippen LogP contribution in [0.4, 0.5) is 4.79 Å². The van der Waals surface area contributed by atoms with Crippen molar-refractivity contribution in [3.8, 4) is 11.5 Å². The van der Waals surface area contributed by atoms with Crippen molar-refractivity contribution in [2.45, 2.75) is 24.5 Å². The number of nitrogens with one attached hydrogen (secondary N) is 1. The fraction of sp³-hybridized carbons (Fsp3) is 0.241. The highest BCUT2D eigenvalue weighted by atomic mass is 16.5. The Hall–Kier alpha value is -4.10. The van der Waals surface area contributed by atoms with Crippen molar-refractivity contribution in [3.05, 3.63) is 108 Å². The topological polar surface area (TPSA) is 88.1 Å². The maximum Gasteiger partial charge on any atom is 0.325 e. The second kappa shape index (κ2) is 11.1. The third-order valence-electron chi connectivity index (χ3n) is 6.19. The van der Waals surface area contributed by atoms with Crippen LogP contribution in [-0.4, -0.2) is 48.3 Å². The van der Waals surface area contributed by atoms with Crippen LogP contribution < -0.4 is 14.8 Å². The minimum Gasteiger partial charge on any atom is -0.493 e. The lowest BCUT2D eigenvalue weighted by Gasteiger charge is -2.28. The van der Waals surface area contributed by atoms with Gasteiger partial charge in [0.25, 0.3) is 5.91 Å². The summed E-state index contributed by atoms with van der Waals surface area (Å²) in [6, 6.07) is 23.7. The number of hydrogen-bond acceptors (Lipinski definition) is 5. The normalized spacial score (nSPS) is 18.0. The van der Waals surface area contributed by atoms with E-state index in [1.54, 1.807) is 19.3 Å². The molecule has 1 aliphatic rings. The molecule has 3 amide bonds. The smallest absolute Gasteiger partial charge is 0.325 e. The fourth-order valence-electron chi connectivity index (χ4n) is 4.41. The van der Waals surface area contributed by atoms with E-state index in [-0.39, 0.29) is 13.2 Å². The number of methoxy groups -OCH3 is 1. The molecule has 1 heterocycles. The summed E-state index contributed by atoms with van der Waals surface area (Å²) in [5.41, 5.74) is 1.35. The number of ether oxygens (including phenoxy) is 2. The van der Waals surface area contributed by atoms with Crippen molar-refractivity contribution in [3.63, 3.8) is 0 Å². The molecule has 0 radical (unpaired) electrons. The summed E-state index contributed by atoms with van der Waals surface area (Å²) in [6.45, 7) is 3.41. The van der Waals surface area contributed by atoms with E-state index in [1.165, 1.54) is 0 Å². The van der Waals surface area contributed by atoms with E-state index >= 15 is 0 Å². The first-order chi connectivity index (χ1) is 17.5. The number of β-amino-alcohol motifs (C(OH)–C–C–N with tert-alkyl or cyclic N) is 1. The Kier molecular flexibility index (Phi) is 7.71. The van der Waals surface area contributed by atoms with E-state index in [9.17, 15) is 14.7 Å². The van der Waals surface area contributed by atoms with Crippen LogP contribution >= 0.6 is 0 Å². The molecular weight excluding hydrogens is 456 g/mol. The van der Waals surface area contributed by atoms with Crippen LogP contribution in [0.2, 0.25) is 0 Å². The molecule has 2 N–H and O–H groups in total. The van der Waals surface area contributed by atoms with E-state index < -0.39 is 23.6 Å². The number of imide groups is 1. The molecule has 0 aliphatic carbocycles. The molecule has 1 saturated heterocycles. The average molecular weight is 487 g/mol. The van der Waals surface area contributed by atoms with Gasteiger partial charge in [-0.2, -0.15) is 0 Å². The van der Waals surface area contributed by atoms with Crippen LogP contribution in [0.25, 0.3) is 0 Å². The van der Waals surface area contributed by atoms with Gasteiger partial charge in [0, 0.05) is 6.42 Å². The summed E-state index contributed by atoms with van der Waals surface area (Å²) >= 11 is 0. The molecule has 7 nitrogen and oxygen atoms in total. The van der Waals surface area contributed by atoms with Gasteiger partial charge in [-0.05, 0) is 35.2 Å². The minimum atomic E-state index is -1.26. The predicted octanol–water partition coefficient (Wildman–Crippen LogP) is 3.85. The van der Waals surface area contributed by atoms with E-state index in [4.69, 9.17) is 9.47 Å². The van der Waals surface area contributed by atoms with Gasteiger partial charge in [-0.15, -0.1) is 6.58 Å². The molecule has 0 saturated carbocycles. The van der Waals surface area contributed by atoms with Gasteiger partial charge in [0.2, 0.25) is 0 Å². The Bertz CT molecular complexity index is 1210. The molecular formula is C29H30N2O5. The fourth-order valence-corrected chi connectivity index (χ4v) is 4.41. The Morgan fingerprint density at radius 3 is 2.36 bits per heavy atom. The van der Waals surface area contributed by atoms with Gasteiger partial charge in [0.1, 0.15) is 12.7 Å². The highest BCUT2D eigenvalue weighted by Crippen LogP contribution is 2.33. The molecule has 1 fully saturated rings. The van der Waals surface area contributed by atoms with Crippen LogP contribution in [0.15, 0.2) is 91.5 Å². The summed E-state index contributed by atoms with van der Waals surface area (Å²) < 4.78 is 11.2. The standard InChI is InChI=1S/C29H30N2O5/c1-3-10-21-15-16-25(26(17-21)35-2)36-20-24(32)19-31-27(33)29(30-28(31)34,23-13-8-5-9-14-23)18-22-11-6-4-7-12-22/h3-9,11-17,24,32H,1,10,18-20H2,2H3,(H,30,34). The van der Waals surface area contributed by atoms with Crippen LogP contribution in [0.1, 0.15) is 16.7 Å². The van der Waals surface area contributed by atoms with E-state index in [1.807, 2.05) is 72.8 Å². The first-order valence-corrected chi connectivity index (χ1v) is 11.8. The van der Waals surface area contributed by atoms with Crippen molar-refractivity contribution < 1.29 is 24.2 Å². The number of benzene rings is 3. The first kappa shape index (κ1) is 25.0. The number of aliphatic hydroxyl groups excluding tert-OH is 1. The highest BCUT2D eigenvalue weighted by molar-refractivity contribution is 6.07.